The first-order valence-corrected chi connectivity index (χ1v) is 9.66. The van der Waals surface area contributed by atoms with E-state index < -0.39 is 35.2 Å². The van der Waals surface area contributed by atoms with Crippen LogP contribution in [0.4, 0.5) is 17.6 Å². The molecule has 1 aliphatic rings. The normalized spacial score (nSPS) is 13.1. The van der Waals surface area contributed by atoms with Crippen molar-refractivity contribution in [1.82, 2.24) is 9.88 Å². The van der Waals surface area contributed by atoms with Crippen LogP contribution in [0.3, 0.4) is 0 Å². The summed E-state index contributed by atoms with van der Waals surface area (Å²) in [5.74, 6) is -2.79. The zero-order valence-corrected chi connectivity index (χ0v) is 17.1. The third kappa shape index (κ3) is 4.50. The Morgan fingerprint density at radius 2 is 1.85 bits per heavy atom. The monoisotopic (exact) mass is 460 g/mol. The van der Waals surface area contributed by atoms with Gasteiger partial charge in [0.2, 0.25) is 5.88 Å². The van der Waals surface area contributed by atoms with Crippen molar-refractivity contribution in [2.75, 3.05) is 7.11 Å². The average molecular weight is 460 g/mol. The number of aromatic nitrogens is 1. The Morgan fingerprint density at radius 1 is 1.12 bits per heavy atom. The summed E-state index contributed by atoms with van der Waals surface area (Å²) in [6, 6.07) is 10.0. The van der Waals surface area contributed by atoms with Gasteiger partial charge >= 0.3 is 12.1 Å². The Hall–Kier alpha value is -3.95. The fourth-order valence-electron chi connectivity index (χ4n) is 3.43. The van der Waals surface area contributed by atoms with Crippen molar-refractivity contribution in [2.24, 2.45) is 0 Å². The van der Waals surface area contributed by atoms with Crippen LogP contribution in [0, 0.1) is 5.82 Å². The number of hydrogen-bond acceptors (Lipinski definition) is 5. The van der Waals surface area contributed by atoms with Crippen molar-refractivity contribution in [1.29, 1.82) is 0 Å². The number of carbonyl (C=O) groups is 2. The van der Waals surface area contributed by atoms with E-state index in [0.717, 1.165) is 11.6 Å². The largest absolute Gasteiger partial charge is 0.465 e. The van der Waals surface area contributed by atoms with E-state index in [4.69, 9.17) is 4.74 Å². The standard InChI is InChI=1S/C23H16F4N2O4/c1-32-22(31)14-4-2-13(3-5-14)11-29-12-15-8-9-28-20(19(15)21(29)30)33-18-7-6-16(10-17(18)24)23(25,26)27/h2-10H,11-12H2,1H3. The minimum absolute atomic E-state index is 0.114. The number of hydrogen-bond donors (Lipinski definition) is 0. The Kier molecular flexibility index (Phi) is 5.75. The predicted octanol–water partition coefficient (Wildman–Crippen LogP) is 4.97. The first-order valence-electron chi connectivity index (χ1n) is 9.66. The summed E-state index contributed by atoms with van der Waals surface area (Å²) in [7, 11) is 1.28. The van der Waals surface area contributed by atoms with Crippen molar-refractivity contribution in [3.63, 3.8) is 0 Å². The molecule has 0 saturated carbocycles. The highest BCUT2D eigenvalue weighted by molar-refractivity contribution is 6.00. The molecule has 0 N–H and O–H groups in total. The van der Waals surface area contributed by atoms with Gasteiger partial charge in [0, 0.05) is 19.3 Å². The predicted molar refractivity (Wildman–Crippen MR) is 107 cm³/mol. The van der Waals surface area contributed by atoms with Gasteiger partial charge in [-0.25, -0.2) is 14.2 Å². The summed E-state index contributed by atoms with van der Waals surface area (Å²) in [4.78, 5) is 30.0. The summed E-state index contributed by atoms with van der Waals surface area (Å²) >= 11 is 0. The van der Waals surface area contributed by atoms with Crippen LogP contribution >= 0.6 is 0 Å². The molecule has 0 unspecified atom stereocenters. The molecule has 2 heterocycles. The smallest absolute Gasteiger partial charge is 0.416 e. The second kappa shape index (κ2) is 8.53. The van der Waals surface area contributed by atoms with Gasteiger partial charge in [-0.2, -0.15) is 13.2 Å². The van der Waals surface area contributed by atoms with Crippen molar-refractivity contribution in [2.45, 2.75) is 19.3 Å². The Labute approximate surface area is 185 Å². The molecule has 0 fully saturated rings. The fraction of sp³-hybridized carbons (Fsp3) is 0.174. The highest BCUT2D eigenvalue weighted by Gasteiger charge is 2.33. The molecule has 0 saturated heterocycles. The highest BCUT2D eigenvalue weighted by atomic mass is 19.4. The summed E-state index contributed by atoms with van der Waals surface area (Å²) in [6.45, 7) is 0.463. The van der Waals surface area contributed by atoms with Crippen molar-refractivity contribution >= 4 is 11.9 Å². The zero-order chi connectivity index (χ0) is 23.8. The van der Waals surface area contributed by atoms with E-state index in [0.29, 0.717) is 23.3 Å². The lowest BCUT2D eigenvalue weighted by Crippen LogP contribution is -2.23. The van der Waals surface area contributed by atoms with E-state index in [2.05, 4.69) is 9.72 Å². The van der Waals surface area contributed by atoms with E-state index >= 15 is 0 Å². The lowest BCUT2D eigenvalue weighted by molar-refractivity contribution is -0.137. The van der Waals surface area contributed by atoms with Gasteiger partial charge in [-0.1, -0.05) is 12.1 Å². The molecule has 1 aromatic heterocycles. The van der Waals surface area contributed by atoms with E-state index in [-0.39, 0.29) is 24.5 Å². The van der Waals surface area contributed by atoms with E-state index in [1.54, 1.807) is 30.3 Å². The van der Waals surface area contributed by atoms with E-state index in [1.165, 1.54) is 18.2 Å². The Balaban J connectivity index is 1.54. The average Bonchev–Trinajstić information content (AvgIpc) is 3.10. The SMILES string of the molecule is COC(=O)c1ccc(CN2Cc3ccnc(Oc4ccc(C(F)(F)F)cc4F)c3C2=O)cc1. The molecule has 10 heteroatoms. The van der Waals surface area contributed by atoms with Crippen LogP contribution in [0.15, 0.2) is 54.7 Å². The minimum Gasteiger partial charge on any atom is -0.465 e. The lowest BCUT2D eigenvalue weighted by atomic mass is 10.1. The van der Waals surface area contributed by atoms with Gasteiger partial charge in [0.15, 0.2) is 11.6 Å². The van der Waals surface area contributed by atoms with Gasteiger partial charge in [-0.3, -0.25) is 4.79 Å². The summed E-state index contributed by atoms with van der Waals surface area (Å²) in [6.07, 6.45) is -3.32. The molecule has 0 aliphatic carbocycles. The molecule has 33 heavy (non-hydrogen) atoms. The number of rotatable bonds is 5. The number of alkyl halides is 3. The van der Waals surface area contributed by atoms with Crippen LogP contribution in [-0.2, 0) is 24.0 Å². The lowest BCUT2D eigenvalue weighted by Gasteiger charge is -2.16. The molecule has 170 valence electrons. The number of esters is 1. The summed E-state index contributed by atoms with van der Waals surface area (Å²) in [5.41, 5.74) is 0.675. The molecule has 0 atom stereocenters. The zero-order valence-electron chi connectivity index (χ0n) is 17.1. The van der Waals surface area contributed by atoms with E-state index in [9.17, 15) is 27.2 Å². The van der Waals surface area contributed by atoms with Crippen LogP contribution < -0.4 is 4.74 Å². The molecule has 1 aliphatic heterocycles. The topological polar surface area (TPSA) is 68.7 Å². The maximum absolute atomic E-state index is 14.2. The molecule has 0 radical (unpaired) electrons. The number of methoxy groups -OCH3 is 1. The number of ether oxygens (including phenoxy) is 2. The number of benzene rings is 2. The van der Waals surface area contributed by atoms with Gasteiger partial charge < -0.3 is 14.4 Å². The van der Waals surface area contributed by atoms with Crippen LogP contribution in [0.2, 0.25) is 0 Å². The van der Waals surface area contributed by atoms with Crippen molar-refractivity contribution < 1.29 is 36.6 Å². The van der Waals surface area contributed by atoms with Crippen LogP contribution in [-0.4, -0.2) is 28.9 Å². The molecule has 4 rings (SSSR count). The molecule has 6 nitrogen and oxygen atoms in total. The van der Waals surface area contributed by atoms with Crippen molar-refractivity contribution in [3.05, 3.63) is 88.4 Å². The molecular weight excluding hydrogens is 444 g/mol. The fourth-order valence-corrected chi connectivity index (χ4v) is 3.43. The number of nitrogens with zero attached hydrogens (tertiary/aromatic N) is 2. The number of halogens is 4. The van der Waals surface area contributed by atoms with Crippen LogP contribution in [0.25, 0.3) is 0 Å². The number of carbonyl (C=O) groups excluding carboxylic acids is 2. The molecule has 1 amide bonds. The van der Waals surface area contributed by atoms with Crippen LogP contribution in [0.5, 0.6) is 11.6 Å². The molecular formula is C23H16F4N2O4. The van der Waals surface area contributed by atoms with Gasteiger partial charge in [0.1, 0.15) is 5.56 Å². The van der Waals surface area contributed by atoms with Gasteiger partial charge in [0.05, 0.1) is 18.2 Å². The van der Waals surface area contributed by atoms with E-state index in [1.807, 2.05) is 0 Å². The number of pyridine rings is 1. The van der Waals surface area contributed by atoms with Gasteiger partial charge in [0.25, 0.3) is 5.91 Å². The van der Waals surface area contributed by atoms with Gasteiger partial charge in [-0.05, 0) is 47.5 Å². The molecule has 0 bridgehead atoms. The Morgan fingerprint density at radius 3 is 2.48 bits per heavy atom. The number of amides is 1. The quantitative estimate of drug-likeness (QED) is 0.397. The third-order valence-corrected chi connectivity index (χ3v) is 5.08. The molecule has 2 aromatic carbocycles. The summed E-state index contributed by atoms with van der Waals surface area (Å²) < 4.78 is 62.6. The van der Waals surface area contributed by atoms with Crippen LogP contribution in [0.1, 0.15) is 37.4 Å². The first-order chi connectivity index (χ1) is 15.7. The molecule has 0 spiro atoms. The van der Waals surface area contributed by atoms with Crippen molar-refractivity contribution in [3.8, 4) is 11.6 Å². The maximum Gasteiger partial charge on any atom is 0.416 e. The second-order valence-corrected chi connectivity index (χ2v) is 7.24. The number of fused-ring (bicyclic) bond motifs is 1. The minimum atomic E-state index is -4.70. The highest BCUT2D eigenvalue weighted by Crippen LogP contribution is 2.36. The first kappa shape index (κ1) is 22.3. The molecule has 3 aromatic rings. The maximum atomic E-state index is 14.2. The Bertz CT molecular complexity index is 1230. The second-order valence-electron chi connectivity index (χ2n) is 7.24. The van der Waals surface area contributed by atoms with Gasteiger partial charge in [-0.15, -0.1) is 0 Å². The third-order valence-electron chi connectivity index (χ3n) is 5.08. The summed E-state index contributed by atoms with van der Waals surface area (Å²) in [5, 5.41) is 0.